The van der Waals surface area contributed by atoms with E-state index in [9.17, 15) is 0 Å². The van der Waals surface area contributed by atoms with Crippen LogP contribution in [0.25, 0.3) is 0 Å². The van der Waals surface area contributed by atoms with Crippen LogP contribution < -0.4 is 10.2 Å². The maximum atomic E-state index is 5.92. The third-order valence-corrected chi connectivity index (χ3v) is 2.99. The van der Waals surface area contributed by atoms with Gasteiger partial charge in [-0.25, -0.2) is 0 Å². The van der Waals surface area contributed by atoms with Crippen LogP contribution in [0.2, 0.25) is 5.28 Å². The van der Waals surface area contributed by atoms with Gasteiger partial charge in [0.1, 0.15) is 0 Å². The molecule has 6 nitrogen and oxygen atoms in total. The van der Waals surface area contributed by atoms with E-state index < -0.39 is 0 Å². The Balaban J connectivity index is 2.05. The Morgan fingerprint density at radius 2 is 2.00 bits per heavy atom. The number of halogens is 1. The molecule has 0 radical (unpaired) electrons. The fraction of sp³-hybridized carbons (Fsp3) is 0.727. The molecule has 1 aliphatic heterocycles. The van der Waals surface area contributed by atoms with Gasteiger partial charge in [0.05, 0.1) is 6.61 Å². The van der Waals surface area contributed by atoms with Crippen molar-refractivity contribution in [3.8, 4) is 0 Å². The first kappa shape index (κ1) is 13.3. The number of aromatic nitrogens is 3. The van der Waals surface area contributed by atoms with Crippen molar-refractivity contribution in [2.45, 2.75) is 19.3 Å². The number of nitrogens with zero attached hydrogens (tertiary/aromatic N) is 4. The number of nitrogens with one attached hydrogen (secondary N) is 1. The summed E-state index contributed by atoms with van der Waals surface area (Å²) in [6, 6.07) is 0. The van der Waals surface area contributed by atoms with Crippen molar-refractivity contribution in [2.24, 2.45) is 0 Å². The van der Waals surface area contributed by atoms with Crippen LogP contribution in [-0.4, -0.2) is 48.3 Å². The van der Waals surface area contributed by atoms with Gasteiger partial charge in [0.25, 0.3) is 0 Å². The van der Waals surface area contributed by atoms with E-state index in [0.29, 0.717) is 25.0 Å². The van der Waals surface area contributed by atoms with Gasteiger partial charge in [0.2, 0.25) is 17.2 Å². The van der Waals surface area contributed by atoms with Crippen LogP contribution in [-0.2, 0) is 4.74 Å². The molecular weight excluding hydrogens is 254 g/mol. The number of methoxy groups -OCH3 is 1. The zero-order chi connectivity index (χ0) is 12.8. The minimum Gasteiger partial charge on any atom is -0.383 e. The van der Waals surface area contributed by atoms with E-state index in [1.807, 2.05) is 0 Å². The Morgan fingerprint density at radius 1 is 1.22 bits per heavy atom. The minimum absolute atomic E-state index is 0.227. The first-order valence-electron chi connectivity index (χ1n) is 6.19. The summed E-state index contributed by atoms with van der Waals surface area (Å²) in [4.78, 5) is 14.8. The number of anilines is 2. The third kappa shape index (κ3) is 3.68. The van der Waals surface area contributed by atoms with Crippen LogP contribution in [0.15, 0.2) is 0 Å². The van der Waals surface area contributed by atoms with Crippen molar-refractivity contribution in [3.05, 3.63) is 5.28 Å². The van der Waals surface area contributed by atoms with E-state index in [0.717, 1.165) is 13.1 Å². The fourth-order valence-electron chi connectivity index (χ4n) is 1.92. The lowest BCUT2D eigenvalue weighted by molar-refractivity contribution is 0.210. The summed E-state index contributed by atoms with van der Waals surface area (Å²) < 4.78 is 4.96. The van der Waals surface area contributed by atoms with Gasteiger partial charge >= 0.3 is 0 Å². The second-order valence-corrected chi connectivity index (χ2v) is 4.53. The van der Waals surface area contributed by atoms with Crippen molar-refractivity contribution < 1.29 is 4.74 Å². The molecule has 1 aliphatic rings. The zero-order valence-electron chi connectivity index (χ0n) is 10.5. The highest BCUT2D eigenvalue weighted by molar-refractivity contribution is 6.28. The predicted molar refractivity (Wildman–Crippen MR) is 71.3 cm³/mol. The molecule has 0 spiro atoms. The molecule has 0 atom stereocenters. The molecule has 0 aromatic carbocycles. The predicted octanol–water partition coefficient (Wildman–Crippen LogP) is 1.57. The average molecular weight is 272 g/mol. The molecule has 2 heterocycles. The largest absolute Gasteiger partial charge is 0.383 e. The summed E-state index contributed by atoms with van der Waals surface area (Å²) in [5, 5.41) is 3.29. The van der Waals surface area contributed by atoms with Crippen LogP contribution in [0.3, 0.4) is 0 Å². The number of piperidine rings is 1. The Kier molecular flexibility index (Phi) is 4.95. The molecule has 1 N–H and O–H groups in total. The zero-order valence-corrected chi connectivity index (χ0v) is 11.3. The van der Waals surface area contributed by atoms with Crippen LogP contribution >= 0.6 is 11.6 Å². The first-order chi connectivity index (χ1) is 8.79. The molecular formula is C11H18ClN5O. The second-order valence-electron chi connectivity index (χ2n) is 4.20. The van der Waals surface area contributed by atoms with Crippen LogP contribution in [0.1, 0.15) is 19.3 Å². The van der Waals surface area contributed by atoms with Gasteiger partial charge in [-0.3, -0.25) is 0 Å². The maximum absolute atomic E-state index is 5.92. The highest BCUT2D eigenvalue weighted by Crippen LogP contribution is 2.18. The number of rotatable bonds is 5. The molecule has 0 saturated carbocycles. The molecule has 18 heavy (non-hydrogen) atoms. The van der Waals surface area contributed by atoms with Crippen molar-refractivity contribution >= 4 is 23.5 Å². The molecule has 0 amide bonds. The molecule has 100 valence electrons. The smallest absolute Gasteiger partial charge is 0.231 e. The molecule has 0 bridgehead atoms. The third-order valence-electron chi connectivity index (χ3n) is 2.82. The molecule has 2 rings (SSSR count). The molecule has 1 fully saturated rings. The van der Waals surface area contributed by atoms with Crippen LogP contribution in [0.5, 0.6) is 0 Å². The lowest BCUT2D eigenvalue weighted by Gasteiger charge is -2.26. The van der Waals surface area contributed by atoms with Crippen LogP contribution in [0.4, 0.5) is 11.9 Å². The van der Waals surface area contributed by atoms with E-state index >= 15 is 0 Å². The van der Waals surface area contributed by atoms with E-state index in [-0.39, 0.29) is 5.28 Å². The molecule has 1 aromatic heterocycles. The molecule has 1 saturated heterocycles. The van der Waals surface area contributed by atoms with Gasteiger partial charge in [-0.2, -0.15) is 15.0 Å². The Hall–Kier alpha value is -1.14. The van der Waals surface area contributed by atoms with E-state index in [2.05, 4.69) is 25.2 Å². The average Bonchev–Trinajstić information content (AvgIpc) is 2.39. The normalized spacial score (nSPS) is 15.8. The summed E-state index contributed by atoms with van der Waals surface area (Å²) >= 11 is 5.92. The minimum atomic E-state index is 0.227. The Bertz CT molecular complexity index is 384. The van der Waals surface area contributed by atoms with Gasteiger partial charge in [-0.1, -0.05) is 0 Å². The summed E-state index contributed by atoms with van der Waals surface area (Å²) in [6.45, 7) is 3.22. The number of ether oxygens (including phenoxy) is 1. The van der Waals surface area contributed by atoms with Gasteiger partial charge < -0.3 is 15.0 Å². The highest BCUT2D eigenvalue weighted by Gasteiger charge is 2.15. The van der Waals surface area contributed by atoms with Gasteiger partial charge in [0.15, 0.2) is 0 Å². The van der Waals surface area contributed by atoms with Crippen molar-refractivity contribution in [3.63, 3.8) is 0 Å². The molecule has 7 heteroatoms. The number of hydrogen-bond donors (Lipinski definition) is 1. The summed E-state index contributed by atoms with van der Waals surface area (Å²) in [5.74, 6) is 1.17. The SMILES string of the molecule is COCCNc1nc(Cl)nc(N2CCCCC2)n1. The lowest BCUT2D eigenvalue weighted by atomic mass is 10.1. The molecule has 0 unspecified atom stereocenters. The quantitative estimate of drug-likeness (QED) is 0.821. The summed E-state index contributed by atoms with van der Waals surface area (Å²) in [7, 11) is 1.65. The van der Waals surface area contributed by atoms with Crippen LogP contribution in [0, 0.1) is 0 Å². The maximum Gasteiger partial charge on any atom is 0.231 e. The van der Waals surface area contributed by atoms with Gasteiger partial charge in [0, 0.05) is 26.7 Å². The topological polar surface area (TPSA) is 63.2 Å². The van der Waals surface area contributed by atoms with E-state index in [1.54, 1.807) is 7.11 Å². The number of hydrogen-bond acceptors (Lipinski definition) is 6. The Morgan fingerprint density at radius 3 is 2.72 bits per heavy atom. The molecule has 1 aromatic rings. The van der Waals surface area contributed by atoms with E-state index in [4.69, 9.17) is 16.3 Å². The Labute approximate surface area is 112 Å². The monoisotopic (exact) mass is 271 g/mol. The highest BCUT2D eigenvalue weighted by atomic mass is 35.5. The van der Waals surface area contributed by atoms with Gasteiger partial charge in [-0.05, 0) is 30.9 Å². The first-order valence-corrected chi connectivity index (χ1v) is 6.57. The second kappa shape index (κ2) is 6.70. The standard InChI is InChI=1S/C11H18ClN5O/c1-18-8-5-13-10-14-9(12)15-11(16-10)17-6-3-2-4-7-17/h2-8H2,1H3,(H,13,14,15,16). The van der Waals surface area contributed by atoms with Crippen molar-refractivity contribution in [2.75, 3.05) is 43.6 Å². The summed E-state index contributed by atoms with van der Waals surface area (Å²) in [6.07, 6.45) is 3.62. The molecule has 0 aliphatic carbocycles. The fourth-order valence-corrected chi connectivity index (χ4v) is 2.07. The van der Waals surface area contributed by atoms with Crippen molar-refractivity contribution in [1.29, 1.82) is 0 Å². The summed E-state index contributed by atoms with van der Waals surface area (Å²) in [5.41, 5.74) is 0. The lowest BCUT2D eigenvalue weighted by Crippen LogP contribution is -2.31. The van der Waals surface area contributed by atoms with Gasteiger partial charge in [-0.15, -0.1) is 0 Å². The van der Waals surface area contributed by atoms with Crippen molar-refractivity contribution in [1.82, 2.24) is 15.0 Å². The van der Waals surface area contributed by atoms with E-state index in [1.165, 1.54) is 19.3 Å².